The highest BCUT2D eigenvalue weighted by atomic mass is 32.2. The van der Waals surface area contributed by atoms with Gasteiger partial charge in [0.1, 0.15) is 0 Å². The molecule has 0 radical (unpaired) electrons. The van der Waals surface area contributed by atoms with E-state index in [0.717, 1.165) is 27.4 Å². The molecule has 0 fully saturated rings. The van der Waals surface area contributed by atoms with E-state index in [1.165, 1.54) is 12.1 Å². The summed E-state index contributed by atoms with van der Waals surface area (Å²) in [5.74, 6) is 3.99. The predicted octanol–water partition coefficient (Wildman–Crippen LogP) is 1.58. The van der Waals surface area contributed by atoms with Crippen LogP contribution in [0.15, 0.2) is 47.4 Å². The van der Waals surface area contributed by atoms with Gasteiger partial charge in [-0.1, -0.05) is 17.9 Å². The van der Waals surface area contributed by atoms with Crippen LogP contribution in [0.25, 0.3) is 16.9 Å². The lowest BCUT2D eigenvalue weighted by atomic mass is 9.88. The number of nitrogens with zero attached hydrogens (tertiary/aromatic N) is 3. The van der Waals surface area contributed by atoms with Gasteiger partial charge in [-0.2, -0.15) is 9.40 Å². The van der Waals surface area contributed by atoms with E-state index in [9.17, 15) is 13.2 Å². The van der Waals surface area contributed by atoms with Crippen molar-refractivity contribution in [2.45, 2.75) is 17.7 Å². The number of rotatable bonds is 6. The number of fused-ring (bicyclic) bond motifs is 3. The Morgan fingerprint density at radius 1 is 1.09 bits per heavy atom. The molecule has 3 aromatic rings. The van der Waals surface area contributed by atoms with Gasteiger partial charge in [0.2, 0.25) is 10.0 Å². The van der Waals surface area contributed by atoms with E-state index in [4.69, 9.17) is 24.3 Å². The highest BCUT2D eigenvalue weighted by Crippen LogP contribution is 2.38. The summed E-state index contributed by atoms with van der Waals surface area (Å²) in [6, 6.07) is 11.7. The number of benzene rings is 2. The van der Waals surface area contributed by atoms with E-state index in [1.54, 1.807) is 16.8 Å². The minimum Gasteiger partial charge on any atom is -0.399 e. The quantitative estimate of drug-likeness (QED) is 0.428. The van der Waals surface area contributed by atoms with E-state index in [2.05, 4.69) is 16.9 Å². The Bertz CT molecular complexity index is 1420. The first-order chi connectivity index (χ1) is 15.8. The lowest BCUT2D eigenvalue weighted by Crippen LogP contribution is -2.31. The van der Waals surface area contributed by atoms with Crippen molar-refractivity contribution in [2.75, 3.05) is 18.8 Å². The Hall–Kier alpha value is -4.05. The van der Waals surface area contributed by atoms with Crippen LogP contribution in [0.5, 0.6) is 0 Å². The van der Waals surface area contributed by atoms with Crippen molar-refractivity contribution in [3.05, 3.63) is 59.3 Å². The summed E-state index contributed by atoms with van der Waals surface area (Å²) in [4.78, 5) is 12.1. The van der Waals surface area contributed by atoms with Crippen molar-refractivity contribution in [1.82, 2.24) is 14.1 Å². The van der Waals surface area contributed by atoms with Crippen LogP contribution in [0.4, 0.5) is 5.69 Å². The Morgan fingerprint density at radius 3 is 2.36 bits per heavy atom. The van der Waals surface area contributed by atoms with Gasteiger partial charge in [0.15, 0.2) is 5.69 Å². The Kier molecular flexibility index (Phi) is 5.69. The van der Waals surface area contributed by atoms with Gasteiger partial charge in [-0.3, -0.25) is 4.79 Å². The molecule has 0 saturated heterocycles. The molecule has 0 unspecified atom stereocenters. The molecule has 0 aliphatic heterocycles. The van der Waals surface area contributed by atoms with Crippen LogP contribution in [0.2, 0.25) is 0 Å². The predicted molar refractivity (Wildman–Crippen MR) is 126 cm³/mol. The monoisotopic (exact) mass is 459 g/mol. The zero-order valence-electron chi connectivity index (χ0n) is 17.7. The zero-order valence-corrected chi connectivity index (χ0v) is 18.5. The smallest absolute Gasteiger partial charge is 0.269 e. The van der Waals surface area contributed by atoms with Crippen LogP contribution < -0.4 is 11.5 Å². The lowest BCUT2D eigenvalue weighted by Gasteiger charge is -2.20. The van der Waals surface area contributed by atoms with Crippen molar-refractivity contribution in [2.24, 2.45) is 5.73 Å². The molecular formula is C24H21N5O3S. The second-order valence-electron chi connectivity index (χ2n) is 7.54. The fourth-order valence-electron chi connectivity index (χ4n) is 3.98. The van der Waals surface area contributed by atoms with Gasteiger partial charge < -0.3 is 11.5 Å². The Labute approximate surface area is 192 Å². The van der Waals surface area contributed by atoms with Crippen LogP contribution in [-0.2, 0) is 22.9 Å². The van der Waals surface area contributed by atoms with E-state index in [1.807, 2.05) is 18.2 Å². The number of aryl methyl sites for hydroxylation is 1. The number of hydrogen-bond donors (Lipinski definition) is 2. The molecule has 1 aliphatic carbocycles. The van der Waals surface area contributed by atoms with Crippen molar-refractivity contribution in [3.63, 3.8) is 0 Å². The molecule has 2 aromatic carbocycles. The number of aromatic nitrogens is 2. The van der Waals surface area contributed by atoms with Crippen molar-refractivity contribution >= 4 is 21.6 Å². The second-order valence-corrected chi connectivity index (χ2v) is 9.48. The van der Waals surface area contributed by atoms with Crippen molar-refractivity contribution < 1.29 is 13.2 Å². The summed E-state index contributed by atoms with van der Waals surface area (Å²) in [6.45, 7) is -0.276. The van der Waals surface area contributed by atoms with Crippen LogP contribution in [-0.4, -0.2) is 41.5 Å². The Morgan fingerprint density at radius 2 is 1.76 bits per heavy atom. The molecule has 4 N–H and O–H groups in total. The minimum atomic E-state index is -3.88. The molecule has 4 rings (SSSR count). The van der Waals surface area contributed by atoms with Crippen LogP contribution in [0.1, 0.15) is 21.6 Å². The fraction of sp³-hybridized carbons (Fsp3) is 0.167. The lowest BCUT2D eigenvalue weighted by molar-refractivity contribution is 0.0994. The molecule has 1 aliphatic rings. The van der Waals surface area contributed by atoms with E-state index in [-0.39, 0.29) is 23.7 Å². The summed E-state index contributed by atoms with van der Waals surface area (Å²) < 4.78 is 28.5. The largest absolute Gasteiger partial charge is 0.399 e. The number of nitrogens with two attached hydrogens (primary N) is 2. The number of nitrogen functional groups attached to an aromatic ring is 1. The second kappa shape index (κ2) is 8.47. The van der Waals surface area contributed by atoms with Crippen molar-refractivity contribution in [1.29, 1.82) is 0 Å². The van der Waals surface area contributed by atoms with E-state index >= 15 is 0 Å². The van der Waals surface area contributed by atoms with Gasteiger partial charge in [0.05, 0.1) is 29.4 Å². The first-order valence-electron chi connectivity index (χ1n) is 10.1. The number of anilines is 1. The maximum atomic E-state index is 12.9. The number of carbonyl (C=O) groups excluding carboxylic acids is 1. The number of amides is 1. The van der Waals surface area contributed by atoms with Crippen molar-refractivity contribution in [3.8, 4) is 41.6 Å². The molecular weight excluding hydrogens is 438 g/mol. The summed E-state index contributed by atoms with van der Waals surface area (Å²) in [6.07, 6.45) is 11.9. The highest BCUT2D eigenvalue weighted by Gasteiger charge is 2.29. The average Bonchev–Trinajstić information content (AvgIpc) is 3.19. The third kappa shape index (κ3) is 3.85. The number of sulfonamides is 1. The highest BCUT2D eigenvalue weighted by molar-refractivity contribution is 7.89. The maximum absolute atomic E-state index is 12.9. The average molecular weight is 460 g/mol. The third-order valence-corrected chi connectivity index (χ3v) is 7.31. The van der Waals surface area contributed by atoms with E-state index in [0.29, 0.717) is 23.5 Å². The molecule has 1 aromatic heterocycles. The molecule has 0 saturated carbocycles. The molecule has 1 heterocycles. The van der Waals surface area contributed by atoms with E-state index < -0.39 is 15.9 Å². The van der Waals surface area contributed by atoms with Gasteiger partial charge in [-0.25, -0.2) is 13.1 Å². The first kappa shape index (κ1) is 22.2. The van der Waals surface area contributed by atoms with Gasteiger partial charge in [0.25, 0.3) is 5.91 Å². The number of hydrogen-bond acceptors (Lipinski definition) is 5. The van der Waals surface area contributed by atoms with Gasteiger partial charge in [-0.05, 0) is 54.8 Å². The summed E-state index contributed by atoms with van der Waals surface area (Å²) in [7, 11) is -3.88. The molecule has 0 atom stereocenters. The SMILES string of the molecule is C#CCN(CC#C)S(=O)(=O)c1ccc(-n2nc(C(N)=O)c3c2-c2cc(N)ccc2CC3)cc1. The normalized spacial score (nSPS) is 12.5. The zero-order chi connectivity index (χ0) is 23.8. The molecule has 8 nitrogen and oxygen atoms in total. The molecule has 9 heteroatoms. The van der Waals surface area contributed by atoms with Crippen LogP contribution in [0.3, 0.4) is 0 Å². The third-order valence-electron chi connectivity index (χ3n) is 5.50. The summed E-state index contributed by atoms with van der Waals surface area (Å²) >= 11 is 0. The van der Waals surface area contributed by atoms with Gasteiger partial charge in [-0.15, -0.1) is 12.8 Å². The number of primary amides is 1. The maximum Gasteiger partial charge on any atom is 0.269 e. The van der Waals surface area contributed by atoms with Crippen LogP contribution in [0, 0.1) is 24.7 Å². The molecule has 166 valence electrons. The first-order valence-corrected chi connectivity index (χ1v) is 11.5. The molecule has 33 heavy (non-hydrogen) atoms. The topological polar surface area (TPSA) is 124 Å². The standard InChI is InChI=1S/C24H21N5O3S/c1-3-13-28(14-4-2)33(31,32)19-10-8-18(9-11-19)29-23-20(22(27-29)24(26)30)12-6-16-5-7-17(25)15-21(16)23/h1-2,5,7-11,15H,6,12-14,25H2,(H2,26,30). The molecule has 0 spiro atoms. The Balaban J connectivity index is 1.83. The fourth-order valence-corrected chi connectivity index (χ4v) is 5.25. The summed E-state index contributed by atoms with van der Waals surface area (Å²) in [5, 5.41) is 4.46. The number of carbonyl (C=O) groups is 1. The molecule has 1 amide bonds. The molecule has 0 bridgehead atoms. The van der Waals surface area contributed by atoms with Gasteiger partial charge in [0, 0.05) is 16.8 Å². The van der Waals surface area contributed by atoms with Crippen LogP contribution >= 0.6 is 0 Å². The summed E-state index contributed by atoms with van der Waals surface area (Å²) in [5.41, 5.74) is 16.3. The number of terminal acetylenes is 2. The van der Waals surface area contributed by atoms with Gasteiger partial charge >= 0.3 is 0 Å². The minimum absolute atomic E-state index is 0.0394.